The first-order valence-corrected chi connectivity index (χ1v) is 10.4. The molecule has 2 aliphatic heterocycles. The normalized spacial score (nSPS) is 23.1. The van der Waals surface area contributed by atoms with Crippen molar-refractivity contribution in [2.45, 2.75) is 44.8 Å². The Bertz CT molecular complexity index is 988. The average Bonchev–Trinajstić information content (AvgIpc) is 3.49. The predicted octanol–water partition coefficient (Wildman–Crippen LogP) is 2.78. The summed E-state index contributed by atoms with van der Waals surface area (Å²) in [5.41, 5.74) is 8.60. The minimum absolute atomic E-state index is 0.0500. The van der Waals surface area contributed by atoms with Gasteiger partial charge in [-0.2, -0.15) is 0 Å². The van der Waals surface area contributed by atoms with E-state index in [9.17, 15) is 4.79 Å². The molecule has 2 atom stereocenters. The van der Waals surface area contributed by atoms with Gasteiger partial charge in [0.1, 0.15) is 17.6 Å². The van der Waals surface area contributed by atoms with Crippen LogP contribution in [0.5, 0.6) is 0 Å². The first-order valence-electron chi connectivity index (χ1n) is 10.4. The number of benzene rings is 1. The first kappa shape index (κ1) is 18.4. The summed E-state index contributed by atoms with van der Waals surface area (Å²) in [5, 5.41) is 0. The van der Waals surface area contributed by atoms with Gasteiger partial charge < -0.3 is 13.9 Å². The molecule has 2 aliphatic rings. The number of amides is 1. The summed E-state index contributed by atoms with van der Waals surface area (Å²) >= 11 is 0. The molecule has 1 aromatic carbocycles. The quantitative estimate of drug-likeness (QED) is 0.713. The molecule has 152 valence electrons. The van der Waals surface area contributed by atoms with E-state index in [1.807, 2.05) is 23.1 Å². The smallest absolute Gasteiger partial charge is 0.241 e. The van der Waals surface area contributed by atoms with Crippen LogP contribution in [0.2, 0.25) is 0 Å². The maximum Gasteiger partial charge on any atom is 0.241 e. The van der Waals surface area contributed by atoms with Crippen molar-refractivity contribution in [2.24, 2.45) is 5.92 Å². The molecule has 3 aromatic rings. The highest BCUT2D eigenvalue weighted by atomic mass is 16.3. The van der Waals surface area contributed by atoms with Crippen LogP contribution in [0.25, 0.3) is 11.0 Å². The molecule has 0 aliphatic carbocycles. The summed E-state index contributed by atoms with van der Waals surface area (Å²) in [5.74, 6) is 2.69. The molecule has 5 rings (SSSR count). The van der Waals surface area contributed by atoms with Crippen LogP contribution in [-0.2, 0) is 11.3 Å². The van der Waals surface area contributed by atoms with Crippen molar-refractivity contribution in [3.63, 3.8) is 0 Å². The summed E-state index contributed by atoms with van der Waals surface area (Å²) in [6.45, 7) is 4.68. The van der Waals surface area contributed by atoms with Gasteiger partial charge >= 0.3 is 0 Å². The highest BCUT2D eigenvalue weighted by molar-refractivity contribution is 5.82. The van der Waals surface area contributed by atoms with Crippen molar-refractivity contribution in [1.82, 2.24) is 25.3 Å². The van der Waals surface area contributed by atoms with Crippen LogP contribution in [0.3, 0.4) is 0 Å². The summed E-state index contributed by atoms with van der Waals surface area (Å²) in [7, 11) is 0. The number of aromatic nitrogens is 2. The number of piperidine rings is 1. The number of carbonyl (C=O) groups is 1. The summed E-state index contributed by atoms with van der Waals surface area (Å²) < 4.78 is 7.79. The highest BCUT2D eigenvalue weighted by Gasteiger charge is 2.35. The van der Waals surface area contributed by atoms with Gasteiger partial charge in [0.2, 0.25) is 5.91 Å². The van der Waals surface area contributed by atoms with Gasteiger partial charge in [0.05, 0.1) is 23.3 Å². The number of hydrogen-bond donors (Lipinski definition) is 2. The number of fused-ring (bicyclic) bond motifs is 1. The summed E-state index contributed by atoms with van der Waals surface area (Å²) in [6, 6.07) is 12.0. The van der Waals surface area contributed by atoms with E-state index in [1.54, 1.807) is 6.26 Å². The third-order valence-electron chi connectivity index (χ3n) is 6.30. The monoisotopic (exact) mass is 393 g/mol. The zero-order valence-corrected chi connectivity index (χ0v) is 16.7. The fourth-order valence-electron chi connectivity index (χ4n) is 4.64. The Morgan fingerprint density at radius 3 is 2.79 bits per heavy atom. The number of hydrogen-bond acceptors (Lipinski definition) is 5. The lowest BCUT2D eigenvalue weighted by atomic mass is 9.95. The van der Waals surface area contributed by atoms with Crippen LogP contribution >= 0.6 is 0 Å². The fourth-order valence-corrected chi connectivity index (χ4v) is 4.64. The van der Waals surface area contributed by atoms with E-state index in [2.05, 4.69) is 45.5 Å². The van der Waals surface area contributed by atoms with Crippen molar-refractivity contribution in [2.75, 3.05) is 13.1 Å². The third-order valence-corrected chi connectivity index (χ3v) is 6.30. The Hall–Kier alpha value is -2.64. The van der Waals surface area contributed by atoms with E-state index in [1.165, 1.54) is 5.52 Å². The Balaban J connectivity index is 1.17. The molecule has 2 unspecified atom stereocenters. The van der Waals surface area contributed by atoms with Crippen LogP contribution in [0, 0.1) is 12.8 Å². The van der Waals surface area contributed by atoms with Crippen LogP contribution < -0.4 is 10.9 Å². The van der Waals surface area contributed by atoms with E-state index in [0.717, 1.165) is 49.6 Å². The SMILES string of the molecule is Cc1nc2ccccc2n1CC1CCN(C(=O)C2CC(c3ccco3)NN2)CC1. The molecule has 0 spiro atoms. The van der Waals surface area contributed by atoms with Crippen molar-refractivity contribution in [3.05, 3.63) is 54.2 Å². The number of hydrazine groups is 1. The lowest BCUT2D eigenvalue weighted by Gasteiger charge is -2.33. The molecule has 0 radical (unpaired) electrons. The number of aryl methyl sites for hydroxylation is 1. The zero-order chi connectivity index (χ0) is 19.8. The number of carbonyl (C=O) groups excluding carboxylic acids is 1. The van der Waals surface area contributed by atoms with E-state index >= 15 is 0 Å². The molecule has 2 saturated heterocycles. The number of furan rings is 1. The summed E-state index contributed by atoms with van der Waals surface area (Å²) in [4.78, 5) is 19.6. The topological polar surface area (TPSA) is 75.3 Å². The minimum Gasteiger partial charge on any atom is -0.468 e. The Morgan fingerprint density at radius 1 is 1.17 bits per heavy atom. The van der Waals surface area contributed by atoms with Gasteiger partial charge in [0, 0.05) is 19.6 Å². The van der Waals surface area contributed by atoms with E-state index < -0.39 is 0 Å². The number of imidazole rings is 1. The van der Waals surface area contributed by atoms with Crippen LogP contribution in [0.1, 0.15) is 36.9 Å². The Labute approximate surface area is 170 Å². The first-order chi connectivity index (χ1) is 14.2. The summed E-state index contributed by atoms with van der Waals surface area (Å²) in [6.07, 6.45) is 4.44. The fraction of sp³-hybridized carbons (Fsp3) is 0.455. The number of nitrogens with one attached hydrogen (secondary N) is 2. The second-order valence-corrected chi connectivity index (χ2v) is 8.17. The van der Waals surface area contributed by atoms with Crippen molar-refractivity contribution in [1.29, 1.82) is 0 Å². The molecule has 2 fully saturated rings. The standard InChI is InChI=1S/C22H27N5O2/c1-15-23-17-5-2-3-6-20(17)27(15)14-16-8-10-26(11-9-16)22(28)19-13-18(24-25-19)21-7-4-12-29-21/h2-7,12,16,18-19,24-25H,8-11,13-14H2,1H3. The maximum absolute atomic E-state index is 12.9. The molecule has 7 nitrogen and oxygen atoms in total. The van der Waals surface area contributed by atoms with Gasteiger partial charge in [-0.15, -0.1) is 0 Å². The molecule has 2 N–H and O–H groups in total. The van der Waals surface area contributed by atoms with Gasteiger partial charge in [-0.05, 0) is 56.4 Å². The maximum atomic E-state index is 12.9. The molecular formula is C22H27N5O2. The predicted molar refractivity (Wildman–Crippen MR) is 110 cm³/mol. The lowest BCUT2D eigenvalue weighted by molar-refractivity contribution is -0.134. The molecule has 2 aromatic heterocycles. The van der Waals surface area contributed by atoms with Gasteiger partial charge in [-0.3, -0.25) is 4.79 Å². The van der Waals surface area contributed by atoms with Crippen molar-refractivity contribution >= 4 is 16.9 Å². The number of rotatable bonds is 4. The Morgan fingerprint density at radius 2 is 2.00 bits per heavy atom. The molecule has 4 heterocycles. The number of likely N-dealkylation sites (tertiary alicyclic amines) is 1. The van der Waals surface area contributed by atoms with E-state index in [0.29, 0.717) is 12.3 Å². The van der Waals surface area contributed by atoms with Crippen LogP contribution in [0.4, 0.5) is 0 Å². The minimum atomic E-state index is -0.193. The second kappa shape index (κ2) is 7.65. The number of nitrogens with zero attached hydrogens (tertiary/aromatic N) is 3. The van der Waals surface area contributed by atoms with Crippen molar-refractivity contribution < 1.29 is 9.21 Å². The van der Waals surface area contributed by atoms with E-state index in [-0.39, 0.29) is 18.0 Å². The third kappa shape index (κ3) is 3.56. The Kier molecular flexibility index (Phi) is 4.85. The van der Waals surface area contributed by atoms with Gasteiger partial charge in [0.15, 0.2) is 0 Å². The molecule has 0 bridgehead atoms. The molecule has 29 heavy (non-hydrogen) atoms. The molecular weight excluding hydrogens is 366 g/mol. The van der Waals surface area contributed by atoms with Crippen LogP contribution in [0.15, 0.2) is 47.1 Å². The van der Waals surface area contributed by atoms with Gasteiger partial charge in [-0.25, -0.2) is 15.8 Å². The van der Waals surface area contributed by atoms with Gasteiger partial charge in [-0.1, -0.05) is 12.1 Å². The van der Waals surface area contributed by atoms with Crippen LogP contribution in [-0.4, -0.2) is 39.5 Å². The second-order valence-electron chi connectivity index (χ2n) is 8.17. The average molecular weight is 393 g/mol. The lowest BCUT2D eigenvalue weighted by Crippen LogP contribution is -2.48. The van der Waals surface area contributed by atoms with Gasteiger partial charge in [0.25, 0.3) is 0 Å². The molecule has 0 saturated carbocycles. The van der Waals surface area contributed by atoms with Crippen molar-refractivity contribution in [3.8, 4) is 0 Å². The number of para-hydroxylation sites is 2. The highest BCUT2D eigenvalue weighted by Crippen LogP contribution is 2.26. The molecule has 1 amide bonds. The van der Waals surface area contributed by atoms with E-state index in [4.69, 9.17) is 4.42 Å². The molecule has 7 heteroatoms. The zero-order valence-electron chi connectivity index (χ0n) is 16.7. The largest absolute Gasteiger partial charge is 0.468 e.